The molecule has 0 amide bonds. The highest BCUT2D eigenvalue weighted by atomic mass is 16.5. The van der Waals surface area contributed by atoms with Gasteiger partial charge in [0.15, 0.2) is 0 Å². The SMILES string of the molecule is CCn1nc(C)cc1CC(CC1CCOC1)NC. The lowest BCUT2D eigenvalue weighted by Gasteiger charge is -2.19. The molecule has 0 aromatic carbocycles. The number of ether oxygens (including phenoxy) is 1. The smallest absolute Gasteiger partial charge is 0.0596 e. The summed E-state index contributed by atoms with van der Waals surface area (Å²) in [6, 6.07) is 2.73. The van der Waals surface area contributed by atoms with Crippen LogP contribution in [0.15, 0.2) is 6.07 Å². The lowest BCUT2D eigenvalue weighted by molar-refractivity contribution is 0.181. The molecule has 1 aromatic heterocycles. The third kappa shape index (κ3) is 3.33. The van der Waals surface area contributed by atoms with Crippen molar-refractivity contribution in [3.63, 3.8) is 0 Å². The highest BCUT2D eigenvalue weighted by Gasteiger charge is 2.21. The second-order valence-electron chi connectivity index (χ2n) is 5.25. The minimum atomic E-state index is 0.526. The summed E-state index contributed by atoms with van der Waals surface area (Å²) in [6.07, 6.45) is 3.47. The van der Waals surface area contributed by atoms with Gasteiger partial charge in [0, 0.05) is 37.9 Å². The quantitative estimate of drug-likeness (QED) is 0.837. The highest BCUT2D eigenvalue weighted by Crippen LogP contribution is 2.20. The Morgan fingerprint density at radius 2 is 2.44 bits per heavy atom. The van der Waals surface area contributed by atoms with E-state index in [1.54, 1.807) is 0 Å². The van der Waals surface area contributed by atoms with Gasteiger partial charge in [-0.1, -0.05) is 0 Å². The monoisotopic (exact) mass is 251 g/mol. The summed E-state index contributed by atoms with van der Waals surface area (Å²) in [5, 5.41) is 7.95. The maximum Gasteiger partial charge on any atom is 0.0596 e. The van der Waals surface area contributed by atoms with Gasteiger partial charge in [-0.2, -0.15) is 5.10 Å². The van der Waals surface area contributed by atoms with E-state index in [4.69, 9.17) is 4.74 Å². The molecule has 0 bridgehead atoms. The summed E-state index contributed by atoms with van der Waals surface area (Å²) in [4.78, 5) is 0. The predicted octanol–water partition coefficient (Wildman–Crippen LogP) is 1.77. The predicted molar refractivity (Wildman–Crippen MR) is 72.7 cm³/mol. The Bertz CT molecular complexity index is 369. The molecule has 1 fully saturated rings. The second kappa shape index (κ2) is 6.34. The Hall–Kier alpha value is -0.870. The van der Waals surface area contributed by atoms with Crippen LogP contribution < -0.4 is 5.32 Å². The van der Waals surface area contributed by atoms with E-state index < -0.39 is 0 Å². The van der Waals surface area contributed by atoms with E-state index in [9.17, 15) is 0 Å². The van der Waals surface area contributed by atoms with Crippen LogP contribution in [-0.2, 0) is 17.7 Å². The third-order valence-electron chi connectivity index (χ3n) is 3.79. The van der Waals surface area contributed by atoms with Crippen LogP contribution in [0.4, 0.5) is 0 Å². The first-order valence-electron chi connectivity index (χ1n) is 7.01. The van der Waals surface area contributed by atoms with Gasteiger partial charge >= 0.3 is 0 Å². The lowest BCUT2D eigenvalue weighted by atomic mass is 9.96. The summed E-state index contributed by atoms with van der Waals surface area (Å²) < 4.78 is 7.57. The molecule has 0 aliphatic carbocycles. The zero-order valence-electron chi connectivity index (χ0n) is 11.8. The Labute approximate surface area is 110 Å². The Kier molecular flexibility index (Phi) is 4.78. The van der Waals surface area contributed by atoms with Crippen LogP contribution in [0.1, 0.15) is 31.2 Å². The number of aromatic nitrogens is 2. The van der Waals surface area contributed by atoms with E-state index in [-0.39, 0.29) is 0 Å². The zero-order chi connectivity index (χ0) is 13.0. The molecule has 4 heteroatoms. The molecular formula is C14H25N3O. The molecule has 102 valence electrons. The molecule has 2 atom stereocenters. The van der Waals surface area contributed by atoms with Crippen LogP contribution in [0.3, 0.4) is 0 Å². The minimum absolute atomic E-state index is 0.526. The number of rotatable bonds is 6. The van der Waals surface area contributed by atoms with E-state index >= 15 is 0 Å². The molecule has 4 nitrogen and oxygen atoms in total. The van der Waals surface area contributed by atoms with Gasteiger partial charge in [0.25, 0.3) is 0 Å². The van der Waals surface area contributed by atoms with Crippen LogP contribution in [0.5, 0.6) is 0 Å². The number of hydrogen-bond donors (Lipinski definition) is 1. The van der Waals surface area contributed by atoms with E-state index in [2.05, 4.69) is 42.1 Å². The summed E-state index contributed by atoms with van der Waals surface area (Å²) in [7, 11) is 2.06. The van der Waals surface area contributed by atoms with Gasteiger partial charge < -0.3 is 10.1 Å². The van der Waals surface area contributed by atoms with E-state index in [1.807, 2.05) is 0 Å². The molecule has 1 aliphatic rings. The van der Waals surface area contributed by atoms with E-state index in [1.165, 1.54) is 18.5 Å². The van der Waals surface area contributed by atoms with Crippen molar-refractivity contribution in [3.8, 4) is 0 Å². The van der Waals surface area contributed by atoms with Crippen LogP contribution in [0.2, 0.25) is 0 Å². The molecule has 0 radical (unpaired) electrons. The molecule has 2 rings (SSSR count). The van der Waals surface area contributed by atoms with Crippen molar-refractivity contribution < 1.29 is 4.74 Å². The van der Waals surface area contributed by atoms with Gasteiger partial charge in [-0.3, -0.25) is 4.68 Å². The number of nitrogens with zero attached hydrogens (tertiary/aromatic N) is 2. The number of nitrogens with one attached hydrogen (secondary N) is 1. The summed E-state index contributed by atoms with van der Waals surface area (Å²) in [5.74, 6) is 0.724. The summed E-state index contributed by atoms with van der Waals surface area (Å²) in [6.45, 7) is 7.04. The molecular weight excluding hydrogens is 226 g/mol. The van der Waals surface area contributed by atoms with Gasteiger partial charge in [-0.05, 0) is 45.7 Å². The fourth-order valence-electron chi connectivity index (χ4n) is 2.76. The second-order valence-corrected chi connectivity index (χ2v) is 5.25. The molecule has 1 N–H and O–H groups in total. The number of hydrogen-bond acceptors (Lipinski definition) is 3. The average molecular weight is 251 g/mol. The lowest BCUT2D eigenvalue weighted by Crippen LogP contribution is -2.31. The van der Waals surface area contributed by atoms with Crippen LogP contribution in [0.25, 0.3) is 0 Å². The summed E-state index contributed by atoms with van der Waals surface area (Å²) in [5.41, 5.74) is 2.46. The normalized spacial score (nSPS) is 21.4. The number of aryl methyl sites for hydroxylation is 2. The molecule has 0 spiro atoms. The van der Waals surface area contributed by atoms with Gasteiger partial charge in [0.2, 0.25) is 0 Å². The first-order chi connectivity index (χ1) is 8.72. The first-order valence-corrected chi connectivity index (χ1v) is 7.01. The Balaban J connectivity index is 1.95. The number of likely N-dealkylation sites (N-methyl/N-ethyl adjacent to an activating group) is 1. The van der Waals surface area contributed by atoms with Gasteiger partial charge in [-0.25, -0.2) is 0 Å². The molecule has 2 heterocycles. The Morgan fingerprint density at radius 1 is 1.61 bits per heavy atom. The molecule has 0 saturated carbocycles. The largest absolute Gasteiger partial charge is 0.381 e. The van der Waals surface area contributed by atoms with E-state index in [0.717, 1.165) is 37.8 Å². The van der Waals surface area contributed by atoms with Crippen molar-refractivity contribution >= 4 is 0 Å². The van der Waals surface area contributed by atoms with Crippen LogP contribution in [0, 0.1) is 12.8 Å². The highest BCUT2D eigenvalue weighted by molar-refractivity contribution is 5.10. The van der Waals surface area contributed by atoms with Crippen molar-refractivity contribution in [1.29, 1.82) is 0 Å². The van der Waals surface area contributed by atoms with Gasteiger partial charge in [-0.15, -0.1) is 0 Å². The van der Waals surface area contributed by atoms with Crippen molar-refractivity contribution in [3.05, 3.63) is 17.5 Å². The standard InChI is InChI=1S/C14H25N3O/c1-4-17-14(7-11(2)16-17)9-13(15-3)8-12-5-6-18-10-12/h7,12-13,15H,4-6,8-10H2,1-3H3. The fourth-order valence-corrected chi connectivity index (χ4v) is 2.76. The molecule has 1 aromatic rings. The molecule has 1 saturated heterocycles. The minimum Gasteiger partial charge on any atom is -0.381 e. The maximum atomic E-state index is 5.46. The average Bonchev–Trinajstić information content (AvgIpc) is 2.98. The zero-order valence-corrected chi connectivity index (χ0v) is 11.8. The Morgan fingerprint density at radius 3 is 3.06 bits per heavy atom. The van der Waals surface area contributed by atoms with Crippen molar-refractivity contribution in [1.82, 2.24) is 15.1 Å². The molecule has 18 heavy (non-hydrogen) atoms. The van der Waals surface area contributed by atoms with Gasteiger partial charge in [0.1, 0.15) is 0 Å². The van der Waals surface area contributed by atoms with Crippen molar-refractivity contribution in [2.75, 3.05) is 20.3 Å². The first kappa shape index (κ1) is 13.6. The fraction of sp³-hybridized carbons (Fsp3) is 0.786. The summed E-state index contributed by atoms with van der Waals surface area (Å²) >= 11 is 0. The van der Waals surface area contributed by atoms with Crippen molar-refractivity contribution in [2.45, 2.75) is 45.7 Å². The van der Waals surface area contributed by atoms with E-state index in [0.29, 0.717) is 6.04 Å². The third-order valence-corrected chi connectivity index (χ3v) is 3.79. The van der Waals surface area contributed by atoms with Crippen LogP contribution >= 0.6 is 0 Å². The molecule has 2 unspecified atom stereocenters. The van der Waals surface area contributed by atoms with Crippen molar-refractivity contribution in [2.24, 2.45) is 5.92 Å². The van der Waals surface area contributed by atoms with Gasteiger partial charge in [0.05, 0.1) is 5.69 Å². The molecule has 1 aliphatic heterocycles. The maximum absolute atomic E-state index is 5.46. The van der Waals surface area contributed by atoms with Crippen LogP contribution in [-0.4, -0.2) is 36.1 Å². The topological polar surface area (TPSA) is 39.1 Å².